The van der Waals surface area contributed by atoms with Crippen LogP contribution in [0.15, 0.2) is 42.5 Å². The molecule has 168 valence electrons. The number of amides is 1. The number of aryl methyl sites for hydroxylation is 1. The Morgan fingerprint density at radius 1 is 1.16 bits per heavy atom. The molecular formula is C25H33NO5. The van der Waals surface area contributed by atoms with Crippen LogP contribution in [-0.4, -0.2) is 42.5 Å². The lowest BCUT2D eigenvalue weighted by Gasteiger charge is -2.16. The van der Waals surface area contributed by atoms with Gasteiger partial charge < -0.3 is 25.0 Å². The van der Waals surface area contributed by atoms with Crippen molar-refractivity contribution in [2.75, 3.05) is 20.3 Å². The van der Waals surface area contributed by atoms with E-state index in [1.807, 2.05) is 30.3 Å². The zero-order valence-corrected chi connectivity index (χ0v) is 18.2. The van der Waals surface area contributed by atoms with Gasteiger partial charge >= 0.3 is 0 Å². The molecule has 6 nitrogen and oxygen atoms in total. The minimum atomic E-state index is -0.125. The zero-order chi connectivity index (χ0) is 22.1. The first-order chi connectivity index (χ1) is 15.1. The molecule has 1 fully saturated rings. The van der Waals surface area contributed by atoms with E-state index in [1.54, 1.807) is 12.1 Å². The van der Waals surface area contributed by atoms with Crippen molar-refractivity contribution in [2.45, 2.75) is 51.0 Å². The number of carbonyl (C=O) groups is 1. The molecule has 0 spiro atoms. The number of nitrogens with one attached hydrogen (secondary N) is 1. The van der Waals surface area contributed by atoms with E-state index in [1.165, 1.54) is 20.0 Å². The van der Waals surface area contributed by atoms with E-state index >= 15 is 0 Å². The molecule has 3 rings (SSSR count). The molecular weight excluding hydrogens is 394 g/mol. The SMILES string of the molecule is COc1ccc(C[C@H](CO)CNC(=O)CCc2cccc(OC3CCCC3)c2)cc1O. The molecule has 1 aliphatic carbocycles. The minimum Gasteiger partial charge on any atom is -0.504 e. The Kier molecular flexibility index (Phi) is 8.59. The number of phenols is 1. The van der Waals surface area contributed by atoms with Gasteiger partial charge in [0.25, 0.3) is 0 Å². The third kappa shape index (κ3) is 7.17. The molecule has 1 atom stereocenters. The van der Waals surface area contributed by atoms with Crippen molar-refractivity contribution < 1.29 is 24.5 Å². The number of hydrogen-bond donors (Lipinski definition) is 3. The number of hydrogen-bond acceptors (Lipinski definition) is 5. The molecule has 1 amide bonds. The summed E-state index contributed by atoms with van der Waals surface area (Å²) in [4.78, 5) is 12.3. The number of aliphatic hydroxyl groups excluding tert-OH is 1. The van der Waals surface area contributed by atoms with Gasteiger partial charge in [-0.1, -0.05) is 18.2 Å². The van der Waals surface area contributed by atoms with Crippen LogP contribution in [-0.2, 0) is 17.6 Å². The van der Waals surface area contributed by atoms with Crippen LogP contribution in [0.2, 0.25) is 0 Å². The van der Waals surface area contributed by atoms with Gasteiger partial charge in [-0.2, -0.15) is 0 Å². The van der Waals surface area contributed by atoms with Crippen LogP contribution >= 0.6 is 0 Å². The summed E-state index contributed by atoms with van der Waals surface area (Å²) in [5.74, 6) is 1.20. The van der Waals surface area contributed by atoms with Crippen molar-refractivity contribution >= 4 is 5.91 Å². The summed E-state index contributed by atoms with van der Waals surface area (Å²) < 4.78 is 11.1. The number of benzene rings is 2. The first-order valence-electron chi connectivity index (χ1n) is 11.1. The van der Waals surface area contributed by atoms with Crippen LogP contribution in [0.5, 0.6) is 17.2 Å². The molecule has 0 saturated heterocycles. The van der Waals surface area contributed by atoms with Crippen molar-refractivity contribution in [1.82, 2.24) is 5.32 Å². The first kappa shape index (κ1) is 22.9. The van der Waals surface area contributed by atoms with E-state index < -0.39 is 0 Å². The summed E-state index contributed by atoms with van der Waals surface area (Å²) in [5.41, 5.74) is 1.96. The summed E-state index contributed by atoms with van der Waals surface area (Å²) >= 11 is 0. The highest BCUT2D eigenvalue weighted by Crippen LogP contribution is 2.27. The molecule has 1 saturated carbocycles. The van der Waals surface area contributed by atoms with Gasteiger partial charge in [-0.15, -0.1) is 0 Å². The number of ether oxygens (including phenoxy) is 2. The number of rotatable bonds is 11. The number of aromatic hydroxyl groups is 1. The van der Waals surface area contributed by atoms with Gasteiger partial charge in [0.1, 0.15) is 5.75 Å². The van der Waals surface area contributed by atoms with E-state index in [0.29, 0.717) is 37.7 Å². The van der Waals surface area contributed by atoms with Crippen molar-refractivity contribution in [3.05, 3.63) is 53.6 Å². The third-order valence-electron chi connectivity index (χ3n) is 5.76. The molecule has 2 aromatic rings. The zero-order valence-electron chi connectivity index (χ0n) is 18.2. The average molecular weight is 428 g/mol. The molecule has 0 bridgehead atoms. The Labute approximate surface area is 184 Å². The van der Waals surface area contributed by atoms with Gasteiger partial charge in [0.05, 0.1) is 13.2 Å². The quantitative estimate of drug-likeness (QED) is 0.510. The summed E-state index contributed by atoms with van der Waals surface area (Å²) in [7, 11) is 1.50. The van der Waals surface area contributed by atoms with Gasteiger partial charge in [-0.25, -0.2) is 0 Å². The van der Waals surface area contributed by atoms with Crippen LogP contribution in [0.1, 0.15) is 43.2 Å². The van der Waals surface area contributed by atoms with Crippen molar-refractivity contribution in [1.29, 1.82) is 0 Å². The number of aliphatic hydroxyl groups is 1. The minimum absolute atomic E-state index is 0.0434. The molecule has 31 heavy (non-hydrogen) atoms. The maximum absolute atomic E-state index is 12.3. The van der Waals surface area contributed by atoms with E-state index in [4.69, 9.17) is 9.47 Å². The van der Waals surface area contributed by atoms with Gasteiger partial charge in [0.15, 0.2) is 11.5 Å². The lowest BCUT2D eigenvalue weighted by Crippen LogP contribution is -2.32. The van der Waals surface area contributed by atoms with Crippen LogP contribution in [0.4, 0.5) is 0 Å². The Morgan fingerprint density at radius 3 is 2.68 bits per heavy atom. The molecule has 3 N–H and O–H groups in total. The number of methoxy groups -OCH3 is 1. The second-order valence-electron chi connectivity index (χ2n) is 8.23. The Bertz CT molecular complexity index is 848. The second kappa shape index (κ2) is 11.6. The summed E-state index contributed by atoms with van der Waals surface area (Å²) in [6, 6.07) is 13.2. The number of carbonyl (C=O) groups excluding carboxylic acids is 1. The fraction of sp³-hybridized carbons (Fsp3) is 0.480. The summed E-state index contributed by atoms with van der Waals surface area (Å²) in [6.07, 6.45) is 6.61. The fourth-order valence-electron chi connectivity index (χ4n) is 3.97. The summed E-state index contributed by atoms with van der Waals surface area (Å²) in [6.45, 7) is 0.334. The second-order valence-corrected chi connectivity index (χ2v) is 8.23. The predicted octanol–water partition coefficient (Wildman–Crippen LogP) is 3.62. The molecule has 0 aliphatic heterocycles. The molecule has 0 radical (unpaired) electrons. The van der Waals surface area contributed by atoms with Gasteiger partial charge in [-0.05, 0) is 73.9 Å². The van der Waals surface area contributed by atoms with Crippen LogP contribution in [0.25, 0.3) is 0 Å². The van der Waals surface area contributed by atoms with E-state index in [-0.39, 0.29) is 24.2 Å². The Balaban J connectivity index is 1.43. The van der Waals surface area contributed by atoms with Gasteiger partial charge in [0, 0.05) is 25.5 Å². The molecule has 0 heterocycles. The maximum Gasteiger partial charge on any atom is 0.220 e. The predicted molar refractivity (Wildman–Crippen MR) is 120 cm³/mol. The van der Waals surface area contributed by atoms with E-state index in [2.05, 4.69) is 5.32 Å². The summed E-state index contributed by atoms with van der Waals surface area (Å²) in [5, 5.41) is 22.5. The highest BCUT2D eigenvalue weighted by atomic mass is 16.5. The van der Waals surface area contributed by atoms with Crippen molar-refractivity contribution in [3.63, 3.8) is 0 Å². The van der Waals surface area contributed by atoms with Crippen molar-refractivity contribution in [3.8, 4) is 17.2 Å². The van der Waals surface area contributed by atoms with Crippen molar-refractivity contribution in [2.24, 2.45) is 5.92 Å². The Morgan fingerprint density at radius 2 is 1.97 bits per heavy atom. The van der Waals surface area contributed by atoms with Crippen LogP contribution < -0.4 is 14.8 Å². The molecule has 0 unspecified atom stereocenters. The van der Waals surface area contributed by atoms with E-state index in [9.17, 15) is 15.0 Å². The largest absolute Gasteiger partial charge is 0.504 e. The van der Waals surface area contributed by atoms with Gasteiger partial charge in [0.2, 0.25) is 5.91 Å². The normalized spacial score (nSPS) is 14.9. The lowest BCUT2D eigenvalue weighted by molar-refractivity contribution is -0.121. The first-order valence-corrected chi connectivity index (χ1v) is 11.1. The molecule has 2 aromatic carbocycles. The molecule has 0 aromatic heterocycles. The monoisotopic (exact) mass is 427 g/mol. The van der Waals surface area contributed by atoms with Crippen LogP contribution in [0.3, 0.4) is 0 Å². The molecule has 6 heteroatoms. The lowest BCUT2D eigenvalue weighted by atomic mass is 9.99. The smallest absolute Gasteiger partial charge is 0.220 e. The fourth-order valence-corrected chi connectivity index (χ4v) is 3.97. The van der Waals surface area contributed by atoms with Gasteiger partial charge in [-0.3, -0.25) is 4.79 Å². The number of phenolic OH excluding ortho intramolecular Hbond substituents is 1. The Hall–Kier alpha value is -2.73. The highest BCUT2D eigenvalue weighted by Gasteiger charge is 2.17. The van der Waals surface area contributed by atoms with Crippen LogP contribution in [0, 0.1) is 5.92 Å². The third-order valence-corrected chi connectivity index (χ3v) is 5.76. The molecule has 1 aliphatic rings. The standard InChI is InChI=1S/C25H33NO5/c1-30-24-11-9-19(15-23(24)28)13-20(17-27)16-26-25(29)12-10-18-5-4-8-22(14-18)31-21-6-2-3-7-21/h4-5,8-9,11,14-15,20-21,27-28H,2-3,6-7,10,12-13,16-17H2,1H3,(H,26,29)/t20-/m0/s1. The van der Waals surface area contributed by atoms with E-state index in [0.717, 1.165) is 29.7 Å². The highest BCUT2D eigenvalue weighted by molar-refractivity contribution is 5.76. The average Bonchev–Trinajstić information content (AvgIpc) is 3.28. The topological polar surface area (TPSA) is 88.0 Å². The maximum atomic E-state index is 12.3.